The molecular weight excluding hydrogens is 487 g/mol. The van der Waals surface area contributed by atoms with E-state index in [4.69, 9.17) is 0 Å². The summed E-state index contributed by atoms with van der Waals surface area (Å²) in [6.45, 7) is 2.21. The number of fused-ring (bicyclic) bond motifs is 3. The Morgan fingerprint density at radius 3 is 2.67 bits per heavy atom. The number of anilines is 1. The highest BCUT2D eigenvalue weighted by molar-refractivity contribution is 7.07. The number of benzene rings is 1. The molecule has 0 bridgehead atoms. The third-order valence-corrected chi connectivity index (χ3v) is 7.37. The van der Waals surface area contributed by atoms with Crippen molar-refractivity contribution in [1.29, 1.82) is 0 Å². The molecule has 4 aromatic rings. The van der Waals surface area contributed by atoms with Crippen LogP contribution >= 0.6 is 11.3 Å². The molecule has 10 heteroatoms. The number of rotatable bonds is 3. The van der Waals surface area contributed by atoms with Gasteiger partial charge in [-0.3, -0.25) is 14.3 Å². The predicted molar refractivity (Wildman–Crippen MR) is 135 cm³/mol. The van der Waals surface area contributed by atoms with Crippen molar-refractivity contribution >= 4 is 40.1 Å². The number of pyridine rings is 2. The highest BCUT2D eigenvalue weighted by Gasteiger charge is 2.36. The lowest BCUT2D eigenvalue weighted by Crippen LogP contribution is -2.44. The molecule has 36 heavy (non-hydrogen) atoms. The molecule has 1 aromatic carbocycles. The number of aromatic nitrogens is 3. The van der Waals surface area contributed by atoms with E-state index >= 15 is 0 Å². The number of hydrogen-bond acceptors (Lipinski definition) is 6. The van der Waals surface area contributed by atoms with E-state index in [1.807, 2.05) is 17.5 Å². The molecule has 6 nitrogen and oxygen atoms in total. The van der Waals surface area contributed by atoms with Crippen molar-refractivity contribution in [2.45, 2.75) is 18.5 Å². The van der Waals surface area contributed by atoms with Gasteiger partial charge < -0.3 is 10.2 Å². The van der Waals surface area contributed by atoms with Crippen molar-refractivity contribution in [2.24, 2.45) is 0 Å². The molecule has 1 saturated heterocycles. The number of nitrogens with one attached hydrogen (secondary N) is 1. The molecule has 0 radical (unpaired) electrons. The maximum Gasteiger partial charge on any atom is 0.418 e. The minimum absolute atomic E-state index is 0.000677. The van der Waals surface area contributed by atoms with Crippen molar-refractivity contribution < 1.29 is 13.2 Å². The lowest BCUT2D eigenvalue weighted by atomic mass is 9.96. The summed E-state index contributed by atoms with van der Waals surface area (Å²) in [7, 11) is 0. The van der Waals surface area contributed by atoms with E-state index < -0.39 is 17.3 Å². The van der Waals surface area contributed by atoms with E-state index in [1.54, 1.807) is 28.7 Å². The Bertz CT molecular complexity index is 1620. The van der Waals surface area contributed by atoms with Gasteiger partial charge in [-0.25, -0.2) is 4.98 Å². The van der Waals surface area contributed by atoms with Crippen LogP contribution in [0.15, 0.2) is 52.2 Å². The first kappa shape index (κ1) is 22.9. The average Bonchev–Trinajstić information content (AvgIpc) is 3.43. The van der Waals surface area contributed by atoms with Crippen LogP contribution in [0.3, 0.4) is 0 Å². The zero-order valence-electron chi connectivity index (χ0n) is 19.1. The van der Waals surface area contributed by atoms with E-state index in [0.29, 0.717) is 48.9 Å². The van der Waals surface area contributed by atoms with E-state index in [1.165, 1.54) is 28.0 Å². The van der Waals surface area contributed by atoms with E-state index in [9.17, 15) is 18.0 Å². The Kier molecular flexibility index (Phi) is 5.65. The molecular formula is C26H22F3N5OS. The second-order valence-corrected chi connectivity index (χ2v) is 9.65. The number of piperazine rings is 1. The third-order valence-electron chi connectivity index (χ3n) is 6.76. The maximum atomic E-state index is 14.2. The highest BCUT2D eigenvalue weighted by Crippen LogP contribution is 2.38. The molecule has 1 atom stereocenters. The van der Waals surface area contributed by atoms with Gasteiger partial charge >= 0.3 is 6.18 Å². The Labute approximate surface area is 208 Å². The van der Waals surface area contributed by atoms with Gasteiger partial charge in [0.1, 0.15) is 0 Å². The Morgan fingerprint density at radius 1 is 1.08 bits per heavy atom. The van der Waals surface area contributed by atoms with Gasteiger partial charge in [-0.1, -0.05) is 12.2 Å². The number of thiazole rings is 1. The first-order valence-corrected chi connectivity index (χ1v) is 12.6. The van der Waals surface area contributed by atoms with Crippen LogP contribution in [0, 0.1) is 0 Å². The lowest BCUT2D eigenvalue weighted by Gasteiger charge is -2.32. The Hall–Kier alpha value is -3.50. The van der Waals surface area contributed by atoms with E-state index in [0.717, 1.165) is 17.0 Å². The van der Waals surface area contributed by atoms with Gasteiger partial charge in [0, 0.05) is 66.0 Å². The summed E-state index contributed by atoms with van der Waals surface area (Å²) in [6, 6.07) is 7.22. The molecule has 3 aromatic heterocycles. The quantitative estimate of drug-likeness (QED) is 0.460. The molecule has 0 saturated carbocycles. The molecule has 1 N–H and O–H groups in total. The van der Waals surface area contributed by atoms with E-state index in [-0.39, 0.29) is 17.3 Å². The zero-order valence-corrected chi connectivity index (χ0v) is 19.9. The van der Waals surface area contributed by atoms with Crippen molar-refractivity contribution in [2.75, 3.05) is 31.1 Å². The average molecular weight is 510 g/mol. The molecule has 0 unspecified atom stereocenters. The Balaban J connectivity index is 1.60. The molecule has 0 amide bonds. The van der Waals surface area contributed by atoms with Crippen LogP contribution in [0.1, 0.15) is 23.6 Å². The molecule has 0 spiro atoms. The maximum absolute atomic E-state index is 14.2. The molecule has 6 rings (SSSR count). The highest BCUT2D eigenvalue weighted by atomic mass is 32.1. The van der Waals surface area contributed by atoms with Crippen molar-refractivity contribution in [1.82, 2.24) is 19.9 Å². The molecule has 1 fully saturated rings. The number of halogens is 3. The largest absolute Gasteiger partial charge is 0.418 e. The molecule has 184 valence electrons. The SMILES string of the molecule is O=c1ccc2cnc3c(c2n1-c1ccc(N2CCNCC2)c(C(F)(F)F)c1)=C[C@@H](c1cscn1)CC=3. The zero-order chi connectivity index (χ0) is 24.9. The molecule has 4 heterocycles. The van der Waals surface area contributed by atoms with Crippen molar-refractivity contribution in [3.8, 4) is 5.69 Å². The molecule has 1 aliphatic heterocycles. The third kappa shape index (κ3) is 4.00. The lowest BCUT2D eigenvalue weighted by molar-refractivity contribution is -0.137. The summed E-state index contributed by atoms with van der Waals surface area (Å²) in [5.74, 6) is 0.000677. The number of alkyl halides is 3. The first-order chi connectivity index (χ1) is 17.4. The van der Waals surface area contributed by atoms with Gasteiger partial charge in [-0.15, -0.1) is 11.3 Å². The van der Waals surface area contributed by atoms with Gasteiger partial charge in [0.15, 0.2) is 0 Å². The van der Waals surface area contributed by atoms with Crippen LogP contribution < -0.4 is 26.3 Å². The first-order valence-electron chi connectivity index (χ1n) is 11.7. The smallest absolute Gasteiger partial charge is 0.368 e. The van der Waals surface area contributed by atoms with Crippen molar-refractivity contribution in [3.63, 3.8) is 0 Å². The summed E-state index contributed by atoms with van der Waals surface area (Å²) in [5.41, 5.74) is 2.40. The van der Waals surface area contributed by atoms with Crippen LogP contribution in [0.5, 0.6) is 0 Å². The predicted octanol–water partition coefficient (Wildman–Crippen LogP) is 3.02. The van der Waals surface area contributed by atoms with Gasteiger partial charge in [-0.2, -0.15) is 13.2 Å². The van der Waals surface area contributed by atoms with Crippen LogP contribution in [-0.4, -0.2) is 40.7 Å². The summed E-state index contributed by atoms with van der Waals surface area (Å²) in [6.07, 6.45) is 1.83. The fourth-order valence-electron chi connectivity index (χ4n) is 5.04. The van der Waals surface area contributed by atoms with Gasteiger partial charge in [0.2, 0.25) is 0 Å². The number of hydrogen-bond donors (Lipinski definition) is 1. The minimum atomic E-state index is -4.57. The van der Waals surface area contributed by atoms with Crippen LogP contribution in [0.4, 0.5) is 18.9 Å². The van der Waals surface area contributed by atoms with Gasteiger partial charge in [0.25, 0.3) is 5.56 Å². The monoisotopic (exact) mass is 509 g/mol. The van der Waals surface area contributed by atoms with Crippen molar-refractivity contribution in [3.05, 3.63) is 79.6 Å². The standard InChI is InChI=1S/C26H22F3N5OS/c27-26(28,29)20-12-18(3-5-23(20)33-9-7-30-8-10-33)34-24(35)6-2-17-13-31-21-4-1-16(11-19(21)25(17)34)22-14-36-15-32-22/h2-6,11-16,30H,1,7-10H2/t16-/m0/s1. The second-order valence-electron chi connectivity index (χ2n) is 8.93. The summed E-state index contributed by atoms with van der Waals surface area (Å²) in [4.78, 5) is 23.9. The summed E-state index contributed by atoms with van der Waals surface area (Å²) < 4.78 is 44.1. The van der Waals surface area contributed by atoms with Gasteiger partial charge in [0.05, 0.1) is 33.3 Å². The fourth-order valence-corrected chi connectivity index (χ4v) is 5.66. The van der Waals surface area contributed by atoms with Crippen LogP contribution in [-0.2, 0) is 6.18 Å². The number of nitrogens with zero attached hydrogens (tertiary/aromatic N) is 4. The Morgan fingerprint density at radius 2 is 1.92 bits per heavy atom. The minimum Gasteiger partial charge on any atom is -0.368 e. The molecule has 1 aliphatic carbocycles. The van der Waals surface area contributed by atoms with Crippen LogP contribution in [0.2, 0.25) is 0 Å². The van der Waals surface area contributed by atoms with Gasteiger partial charge in [-0.05, 0) is 30.7 Å². The topological polar surface area (TPSA) is 63.1 Å². The second kappa shape index (κ2) is 8.86. The summed E-state index contributed by atoms with van der Waals surface area (Å²) in [5, 5.41) is 7.27. The normalized spacial score (nSPS) is 18.0. The van der Waals surface area contributed by atoms with Crippen LogP contribution in [0.25, 0.3) is 28.7 Å². The summed E-state index contributed by atoms with van der Waals surface area (Å²) >= 11 is 1.51. The fraction of sp³-hybridized carbons (Fsp3) is 0.269. The molecule has 2 aliphatic rings. The van der Waals surface area contributed by atoms with E-state index in [2.05, 4.69) is 15.3 Å².